The first-order valence-corrected chi connectivity index (χ1v) is 43.2. The summed E-state index contributed by atoms with van der Waals surface area (Å²) < 4.78 is 195. The number of hydrogen-bond donors (Lipinski definition) is 10. The molecule has 772 valence electrons. The molecule has 0 saturated carbocycles. The fraction of sp³-hybridized carbons (Fsp3) is 0.643. The number of aromatic nitrogens is 4. The molecule has 0 spiro atoms. The number of allylic oxidation sites excluding steroid dienone is 5. The molecule has 5 amide bonds. The van der Waals surface area contributed by atoms with Crippen molar-refractivity contribution in [2.45, 2.75) is 296 Å². The number of H-pyrrole nitrogens is 2. The molecule has 52 heteroatoms. The van der Waals surface area contributed by atoms with Crippen molar-refractivity contribution in [2.75, 3.05) is 33.1 Å². The van der Waals surface area contributed by atoms with Crippen LogP contribution in [-0.4, -0.2) is 313 Å². The van der Waals surface area contributed by atoms with Crippen molar-refractivity contribution in [3.05, 3.63) is 140 Å². The maximum absolute atomic E-state index is 14.7. The van der Waals surface area contributed by atoms with E-state index >= 15 is 0 Å². The van der Waals surface area contributed by atoms with E-state index in [0.717, 1.165) is 113 Å². The molecule has 0 unspecified atom stereocenters. The Kier molecular flexibility index (Phi) is 44.2. The summed E-state index contributed by atoms with van der Waals surface area (Å²) in [5, 5.41) is 75.1. The summed E-state index contributed by atoms with van der Waals surface area (Å²) in [4.78, 5) is 167. The average molecular weight is 2310 g/mol. The lowest BCUT2D eigenvalue weighted by molar-refractivity contribution is -0.207. The number of nitrogens with one attached hydrogen (secondary N) is 2. The fourth-order valence-corrected chi connectivity index (χ4v) is 16.7. The molecule has 0 aliphatic carbocycles. The van der Waals surface area contributed by atoms with Crippen LogP contribution in [0.1, 0.15) is 159 Å². The van der Waals surface area contributed by atoms with E-state index in [-0.39, 0.29) is 115 Å². The Balaban J connectivity index is 0.000000787. The second-order valence-electron chi connectivity index (χ2n) is 32.4. The lowest BCUT2D eigenvalue weighted by atomic mass is 9.88. The van der Waals surface area contributed by atoms with Crippen LogP contribution >= 0.6 is 67.8 Å². The molecule has 0 bridgehead atoms. The van der Waals surface area contributed by atoms with Crippen LogP contribution in [-0.2, 0) is 81.1 Å². The Labute approximate surface area is 815 Å². The molecule has 12 aliphatic heterocycles. The molecule has 14 heterocycles. The molecule has 2 aromatic rings. The number of ketones is 5. The van der Waals surface area contributed by atoms with Crippen LogP contribution in [0.4, 0.5) is 48.3 Å². The summed E-state index contributed by atoms with van der Waals surface area (Å²) in [6.07, 6.45) is -8.76. The largest absolute Gasteiger partial charge is 0.469 e. The van der Waals surface area contributed by atoms with Crippen molar-refractivity contribution in [1.29, 1.82) is 0 Å². The first-order chi connectivity index (χ1) is 59.5. The van der Waals surface area contributed by atoms with Gasteiger partial charge in [-0.25, -0.2) is 57.9 Å². The second kappa shape index (κ2) is 47.6. The summed E-state index contributed by atoms with van der Waals surface area (Å²) in [5.41, 5.74) is -19.1. The van der Waals surface area contributed by atoms with Crippen molar-refractivity contribution >= 4 is 126 Å². The average Bonchev–Trinajstić information content (AvgIpc) is 1.59. The van der Waals surface area contributed by atoms with Gasteiger partial charge in [0.05, 0.1) is 65.5 Å². The van der Waals surface area contributed by atoms with E-state index in [0.29, 0.717) is 8.99 Å². The SMILES string of the molecule is C.C.C.C.C.C.C.C=C1O[C@@H](N2C=CC(=O)CC2=O)[C@](C)(F)[C@@H]1O.C[C@@]1(F)[C@H](O)[C@@H](CI)O[C@H]1N1C=CC(=O)CC1=O.C[C@@]1(F)[C@H](O)[C@@H](CO)O[C@H]1N1C=CC(=O)CC1=O.C[C@H]1[C@@](C)(F)[C@H](N2C=CC(=O)CC2=O)O[C@]1(F)CI.C[C@H]1[C@@](C)(F)[C@H](n2ccc(=O)[nH]c2=O)O[C@]1(F)CO.C[C@]1(F)[C@H](N2C=CC(=O)CC2=O)O[C@](F)(CI)[C@H]1O.C[C@]1(F)[C@H](n2ccc(=O)[nH]c2=O)O[C@](F)(CO)[C@H]1O. The van der Waals surface area contributed by atoms with Gasteiger partial charge >= 0.3 is 11.4 Å². The van der Waals surface area contributed by atoms with Gasteiger partial charge in [0.15, 0.2) is 118 Å². The van der Waals surface area contributed by atoms with Gasteiger partial charge in [-0.15, -0.1) is 0 Å². The smallest absolute Gasteiger partial charge is 0.330 e. The summed E-state index contributed by atoms with van der Waals surface area (Å²) in [6, 6.07) is 1.92. The number of aliphatic hydroxyl groups excluding tert-OH is 8. The van der Waals surface area contributed by atoms with Crippen molar-refractivity contribution in [2.24, 2.45) is 11.8 Å². The minimum absolute atomic E-state index is 0. The molecule has 0 radical (unpaired) electrons. The molecule has 14 rings (SSSR count). The number of halogens is 14. The third-order valence-electron chi connectivity index (χ3n) is 22.8. The zero-order chi connectivity index (χ0) is 97.5. The van der Waals surface area contributed by atoms with Gasteiger partial charge in [-0.2, -0.15) is 0 Å². The number of ether oxygens (including phenoxy) is 7. The van der Waals surface area contributed by atoms with Gasteiger partial charge in [-0.1, -0.05) is 140 Å². The number of rotatable bonds is 13. The van der Waals surface area contributed by atoms with Crippen LogP contribution in [0.5, 0.6) is 0 Å². The van der Waals surface area contributed by atoms with Gasteiger partial charge in [0.25, 0.3) is 17.0 Å². The zero-order valence-corrected chi connectivity index (χ0v) is 75.9. The number of amides is 5. The Hall–Kier alpha value is -7.84. The van der Waals surface area contributed by atoms with Gasteiger partial charge in [0.2, 0.25) is 53.3 Å². The monoisotopic (exact) mass is 2310 g/mol. The van der Waals surface area contributed by atoms with Crippen molar-refractivity contribution in [3.63, 3.8) is 0 Å². The van der Waals surface area contributed by atoms with E-state index in [1.165, 1.54) is 64.5 Å². The molecule has 136 heavy (non-hydrogen) atoms. The van der Waals surface area contributed by atoms with E-state index in [1.54, 1.807) is 45.2 Å². The number of carbonyl (C=O) groups excluding carboxylic acids is 10. The Morgan fingerprint density at radius 1 is 0.382 bits per heavy atom. The Bertz CT molecular complexity index is 4800. The van der Waals surface area contributed by atoms with Crippen LogP contribution in [0, 0.1) is 11.8 Å². The predicted molar refractivity (Wildman–Crippen MR) is 487 cm³/mol. The van der Waals surface area contributed by atoms with Crippen molar-refractivity contribution in [1.82, 2.24) is 43.6 Å². The molecule has 0 aromatic carbocycles. The third kappa shape index (κ3) is 25.4. The summed E-state index contributed by atoms with van der Waals surface area (Å²) >= 11 is 5.39. The second-order valence-corrected chi connectivity index (χ2v) is 34.8. The fourth-order valence-electron chi connectivity index (χ4n) is 14.6. The quantitative estimate of drug-likeness (QED) is 0.0459. The molecule has 2 aromatic heterocycles. The molecule has 7 fully saturated rings. The highest BCUT2D eigenvalue weighted by Gasteiger charge is 2.69. The highest BCUT2D eigenvalue weighted by Crippen LogP contribution is 2.53. The van der Waals surface area contributed by atoms with Crippen molar-refractivity contribution < 1.29 is 170 Å². The van der Waals surface area contributed by atoms with Crippen LogP contribution < -0.4 is 22.5 Å². The predicted octanol–water partition coefficient (Wildman–Crippen LogP) is 6.24. The van der Waals surface area contributed by atoms with Crippen molar-refractivity contribution in [3.8, 4) is 0 Å². The van der Waals surface area contributed by atoms with E-state index < -0.39 is 245 Å². The zero-order valence-electron chi connectivity index (χ0n) is 69.4. The minimum atomic E-state index is -3.02. The number of alkyl halides is 14. The van der Waals surface area contributed by atoms with Gasteiger partial charge in [0, 0.05) is 60.0 Å². The van der Waals surface area contributed by atoms with Crippen LogP contribution in [0.15, 0.2) is 117 Å². The van der Waals surface area contributed by atoms with E-state index in [1.807, 2.05) is 32.6 Å². The molecule has 10 N–H and O–H groups in total. The highest BCUT2D eigenvalue weighted by molar-refractivity contribution is 14.1. The number of aromatic amines is 2. The van der Waals surface area contributed by atoms with Gasteiger partial charge in [-0.05, 0) is 78.8 Å². The normalized spacial score (nSPS) is 38.3. The molecule has 27 atom stereocenters. The van der Waals surface area contributed by atoms with Gasteiger partial charge < -0.3 is 74.0 Å². The van der Waals surface area contributed by atoms with Crippen LogP contribution in [0.2, 0.25) is 0 Å². The first kappa shape index (κ1) is 126. The van der Waals surface area contributed by atoms with Gasteiger partial charge in [0.1, 0.15) is 43.4 Å². The number of hydrogen-bond acceptors (Lipinski definition) is 29. The first-order valence-electron chi connectivity index (χ1n) is 38.6. The highest BCUT2D eigenvalue weighted by atomic mass is 127. The molecule has 38 nitrogen and oxygen atoms in total. The minimum Gasteiger partial charge on any atom is -0.469 e. The summed E-state index contributed by atoms with van der Waals surface area (Å²) in [6.45, 7) is 10.7. The summed E-state index contributed by atoms with van der Waals surface area (Å²) in [7, 11) is 0. The molecule has 7 saturated heterocycles. The lowest BCUT2D eigenvalue weighted by Crippen LogP contribution is -2.51. The standard InChI is InChI=1S/C12H14F2INO3.C11H12F2INO4.C11H14F2N2O4.C11H13FINO4.C11H14FNO5.C11H12FNO4.C10H12F2N2O5.7CH4/c1-7-11(2,13)10(19-12(7,14)6-15)16-4-3-8(17)5-9(16)18;1-10(12)8(18)11(13,5-14)19-9(10)15-3-2-6(16)4-7(15)17;1-6-10(2,12)8(19-11(6,13)5-16)15-4-3-7(17)14-9(15)18;1-11(12)9(17)7(5-13)18-10(11)14-3-2-6(15)4-8(14)16;1-11(12)9(17)7(5-14)18-10(11)13-3-2-6(15)4-8(13)16;1-6-9(16)11(2,12)10(17-6)13-4-3-7(14)5-8(13)15;1-9(11)6(17)10(12,4-15)19-7(9)14-3-2-5(16)13-8(14)18;;;;;;;/h3-4,7,10H,5-6H2,1-2H3;2-3,8-9,18H,4-5H2,1H3;3-4,6,8,16H,5H2,1-2H3,(H,14,17,18);2-3,7,9-10,17H,4-5H2,1H3;2-3,7,9-10,14,17H,4-5H2,1H3;3-4,9-10,16H,1,5H2,2H3;2-3,6-7,15,17H,4H2,1H3,(H,13,16,18);7*1H4/t7-,10+,11+,12+;8-,9+,10+,11+;6-,8+,10+,11+;2*7-,9-,10-,11-;9-,10-,11-;6-,7+,9+,10+;;;;;;;/m0001110......./s1. The molecule has 12 aliphatic rings. The third-order valence-corrected chi connectivity index (χ3v) is 25.8. The summed E-state index contributed by atoms with van der Waals surface area (Å²) in [5.74, 6) is -17.5. The number of aliphatic hydroxyl groups is 8. The maximum Gasteiger partial charge on any atom is 0.330 e. The van der Waals surface area contributed by atoms with Crippen LogP contribution in [0.3, 0.4) is 0 Å². The Morgan fingerprint density at radius 3 is 0.934 bits per heavy atom. The topological polar surface area (TPSA) is 523 Å². The van der Waals surface area contributed by atoms with E-state index in [2.05, 4.69) is 11.3 Å². The number of nitrogens with zero attached hydrogens (tertiary/aromatic N) is 7. The van der Waals surface area contributed by atoms with E-state index in [9.17, 15) is 141 Å². The van der Waals surface area contributed by atoms with Crippen LogP contribution in [0.25, 0.3) is 0 Å². The number of carbonyl (C=O) groups is 10. The molecular weight excluding hydrogens is 2190 g/mol. The Morgan fingerprint density at radius 2 is 0.662 bits per heavy atom. The van der Waals surface area contributed by atoms with Gasteiger partial charge in [-0.3, -0.25) is 101 Å². The lowest BCUT2D eigenvalue weighted by Gasteiger charge is -2.33. The van der Waals surface area contributed by atoms with E-state index in [4.69, 9.17) is 43.7 Å². The molecular formula is C84H119F11I3N9O29. The maximum atomic E-state index is 14.7.